The number of methoxy groups -OCH3 is 2. The quantitative estimate of drug-likeness (QED) is 0.563. The largest absolute Gasteiger partial charge is 0.496 e. The molecule has 1 unspecified atom stereocenters. The molecule has 0 aromatic heterocycles. The summed E-state index contributed by atoms with van der Waals surface area (Å²) in [5, 5.41) is 0.0269. The molecule has 0 amide bonds. The molecule has 1 aliphatic carbocycles. The minimum Gasteiger partial charge on any atom is -0.496 e. The molecular formula is C22H26O4S. The van der Waals surface area contributed by atoms with Crippen LogP contribution in [0.4, 0.5) is 0 Å². The molecule has 1 aromatic rings. The first-order valence-electron chi connectivity index (χ1n) is 8.82. The molecule has 1 aromatic carbocycles. The van der Waals surface area contributed by atoms with Gasteiger partial charge in [-0.2, -0.15) is 0 Å². The molecule has 2 rings (SSSR count). The first-order valence-corrected chi connectivity index (χ1v) is 9.70. The first-order chi connectivity index (χ1) is 12.8. The van der Waals surface area contributed by atoms with Gasteiger partial charge in [0.2, 0.25) is 0 Å². The maximum absolute atomic E-state index is 12.6. The van der Waals surface area contributed by atoms with Gasteiger partial charge in [-0.3, -0.25) is 9.59 Å². The Bertz CT molecular complexity index is 842. The fourth-order valence-electron chi connectivity index (χ4n) is 2.95. The van der Waals surface area contributed by atoms with Gasteiger partial charge in [-0.1, -0.05) is 17.7 Å². The lowest BCUT2D eigenvalue weighted by Gasteiger charge is -2.24. The van der Waals surface area contributed by atoms with Crippen LogP contribution in [0.5, 0.6) is 11.5 Å². The number of fused-ring (bicyclic) bond motifs is 1. The van der Waals surface area contributed by atoms with E-state index in [1.54, 1.807) is 11.8 Å². The van der Waals surface area contributed by atoms with Crippen molar-refractivity contribution in [2.24, 2.45) is 0 Å². The standard InChI is InChI=1S/C22H26O4S/c1-7-14(4)27-19(11-8-13(2)3)15-12-18(25-5)20-16(23)9-10-17(24)21(20)22(15)26-6/h7-10,12,19H,11H2,1-6H3/b14-7+. The van der Waals surface area contributed by atoms with Gasteiger partial charge in [0.25, 0.3) is 0 Å². The molecule has 0 aliphatic heterocycles. The summed E-state index contributed by atoms with van der Waals surface area (Å²) in [5.74, 6) is 0.376. The van der Waals surface area contributed by atoms with Crippen molar-refractivity contribution in [3.05, 3.63) is 57.5 Å². The molecule has 144 valence electrons. The Kier molecular flexibility index (Phi) is 7.08. The Morgan fingerprint density at radius 2 is 1.70 bits per heavy atom. The number of ketones is 2. The summed E-state index contributed by atoms with van der Waals surface area (Å²) < 4.78 is 11.1. The molecule has 27 heavy (non-hydrogen) atoms. The number of hydrogen-bond acceptors (Lipinski definition) is 5. The summed E-state index contributed by atoms with van der Waals surface area (Å²) in [6.07, 6.45) is 7.57. The average molecular weight is 387 g/mol. The average Bonchev–Trinajstić information content (AvgIpc) is 2.66. The molecule has 0 N–H and O–H groups in total. The maximum atomic E-state index is 12.6. The lowest BCUT2D eigenvalue weighted by molar-refractivity contribution is 0.0988. The van der Waals surface area contributed by atoms with E-state index in [4.69, 9.17) is 9.47 Å². The zero-order chi connectivity index (χ0) is 20.1. The van der Waals surface area contributed by atoms with Crippen LogP contribution in [0, 0.1) is 0 Å². The number of carbonyl (C=O) groups excluding carboxylic acids is 2. The van der Waals surface area contributed by atoms with Crippen molar-refractivity contribution in [1.82, 2.24) is 0 Å². The fraction of sp³-hybridized carbons (Fsp3) is 0.364. The van der Waals surface area contributed by atoms with Gasteiger partial charge >= 0.3 is 0 Å². The van der Waals surface area contributed by atoms with E-state index in [2.05, 4.69) is 32.9 Å². The summed E-state index contributed by atoms with van der Waals surface area (Å²) >= 11 is 1.71. The van der Waals surface area contributed by atoms with Crippen molar-refractivity contribution in [2.75, 3.05) is 14.2 Å². The van der Waals surface area contributed by atoms with Crippen molar-refractivity contribution in [3.63, 3.8) is 0 Å². The van der Waals surface area contributed by atoms with E-state index in [0.29, 0.717) is 17.1 Å². The van der Waals surface area contributed by atoms with E-state index >= 15 is 0 Å². The van der Waals surface area contributed by atoms with E-state index in [1.165, 1.54) is 36.8 Å². The topological polar surface area (TPSA) is 52.6 Å². The molecular weight excluding hydrogens is 360 g/mol. The second-order valence-corrected chi connectivity index (χ2v) is 7.98. The van der Waals surface area contributed by atoms with Crippen LogP contribution in [-0.4, -0.2) is 25.8 Å². The number of rotatable bonds is 7. The Balaban J connectivity index is 2.73. The third-order valence-electron chi connectivity index (χ3n) is 4.40. The van der Waals surface area contributed by atoms with Gasteiger partial charge in [0.1, 0.15) is 11.5 Å². The van der Waals surface area contributed by atoms with Gasteiger partial charge in [0.15, 0.2) is 11.6 Å². The highest BCUT2D eigenvalue weighted by Gasteiger charge is 2.32. The molecule has 0 saturated carbocycles. The van der Waals surface area contributed by atoms with E-state index in [0.717, 1.165) is 12.0 Å². The van der Waals surface area contributed by atoms with Gasteiger partial charge in [-0.15, -0.1) is 11.8 Å². The Morgan fingerprint density at radius 3 is 2.22 bits per heavy atom. The highest BCUT2D eigenvalue weighted by molar-refractivity contribution is 8.03. The van der Waals surface area contributed by atoms with Crippen LogP contribution < -0.4 is 9.47 Å². The number of allylic oxidation sites excluding steroid dienone is 6. The first kappa shape index (κ1) is 21.0. The summed E-state index contributed by atoms with van der Waals surface area (Å²) in [6.45, 7) is 8.17. The smallest absolute Gasteiger partial charge is 0.190 e. The molecule has 1 aliphatic rings. The Hall–Kier alpha value is -2.27. The van der Waals surface area contributed by atoms with Gasteiger partial charge in [0, 0.05) is 10.8 Å². The van der Waals surface area contributed by atoms with Crippen LogP contribution >= 0.6 is 11.8 Å². The number of carbonyl (C=O) groups is 2. The van der Waals surface area contributed by atoms with Crippen LogP contribution in [0.15, 0.2) is 40.8 Å². The predicted octanol–water partition coefficient (Wildman–Crippen LogP) is 5.69. The van der Waals surface area contributed by atoms with E-state index < -0.39 is 0 Å². The summed E-state index contributed by atoms with van der Waals surface area (Å²) in [4.78, 5) is 26.2. The fourth-order valence-corrected chi connectivity index (χ4v) is 4.03. The number of hydrogen-bond donors (Lipinski definition) is 0. The minimum absolute atomic E-state index is 0.0269. The zero-order valence-corrected chi connectivity index (χ0v) is 17.5. The number of ether oxygens (including phenoxy) is 2. The predicted molar refractivity (Wildman–Crippen MR) is 111 cm³/mol. The maximum Gasteiger partial charge on any atom is 0.190 e. The van der Waals surface area contributed by atoms with Crippen molar-refractivity contribution in [2.45, 2.75) is 39.4 Å². The van der Waals surface area contributed by atoms with Crippen LogP contribution in [-0.2, 0) is 0 Å². The summed E-state index contributed by atoms with van der Waals surface area (Å²) in [7, 11) is 3.05. The highest BCUT2D eigenvalue weighted by atomic mass is 32.2. The molecule has 4 nitrogen and oxygen atoms in total. The normalized spacial score (nSPS) is 14.7. The SMILES string of the molecule is C/C=C(\C)SC(CC=C(C)C)c1cc(OC)c2c(c1OC)C(=O)C=CC2=O. The van der Waals surface area contributed by atoms with Crippen molar-refractivity contribution < 1.29 is 19.1 Å². The number of thioether (sulfide) groups is 1. The van der Waals surface area contributed by atoms with Crippen molar-refractivity contribution in [3.8, 4) is 11.5 Å². The van der Waals surface area contributed by atoms with Crippen molar-refractivity contribution >= 4 is 23.3 Å². The summed E-state index contributed by atoms with van der Waals surface area (Å²) in [6, 6.07) is 1.83. The van der Waals surface area contributed by atoms with Gasteiger partial charge < -0.3 is 9.47 Å². The molecule has 0 saturated heterocycles. The van der Waals surface area contributed by atoms with Gasteiger partial charge in [-0.25, -0.2) is 0 Å². The lowest BCUT2D eigenvalue weighted by Crippen LogP contribution is -2.16. The zero-order valence-electron chi connectivity index (χ0n) is 16.7. The Labute approximate surface area is 165 Å². The molecule has 0 radical (unpaired) electrons. The second kappa shape index (κ2) is 9.09. The molecule has 0 heterocycles. The lowest BCUT2D eigenvalue weighted by atomic mass is 9.89. The van der Waals surface area contributed by atoms with Crippen LogP contribution in [0.1, 0.15) is 65.6 Å². The van der Waals surface area contributed by atoms with E-state index in [1.807, 2.05) is 13.0 Å². The van der Waals surface area contributed by atoms with Crippen molar-refractivity contribution in [1.29, 1.82) is 0 Å². The van der Waals surface area contributed by atoms with Gasteiger partial charge in [0.05, 0.1) is 25.3 Å². The molecule has 0 spiro atoms. The third-order valence-corrected chi connectivity index (χ3v) is 5.74. The van der Waals surface area contributed by atoms with Gasteiger partial charge in [-0.05, 0) is 57.2 Å². The van der Waals surface area contributed by atoms with Crippen LogP contribution in [0.25, 0.3) is 0 Å². The Morgan fingerprint density at radius 1 is 1.07 bits per heavy atom. The molecule has 1 atom stereocenters. The highest BCUT2D eigenvalue weighted by Crippen LogP contribution is 2.47. The third kappa shape index (κ3) is 4.53. The summed E-state index contributed by atoms with van der Waals surface area (Å²) in [5.41, 5.74) is 2.64. The molecule has 0 fully saturated rings. The monoisotopic (exact) mass is 386 g/mol. The van der Waals surface area contributed by atoms with Crippen LogP contribution in [0.2, 0.25) is 0 Å². The van der Waals surface area contributed by atoms with E-state index in [-0.39, 0.29) is 22.4 Å². The van der Waals surface area contributed by atoms with Crippen LogP contribution in [0.3, 0.4) is 0 Å². The van der Waals surface area contributed by atoms with E-state index in [9.17, 15) is 9.59 Å². The second-order valence-electron chi connectivity index (χ2n) is 6.54. The molecule has 5 heteroatoms. The molecule has 0 bridgehead atoms. The minimum atomic E-state index is -0.246. The number of benzene rings is 1.